The van der Waals surface area contributed by atoms with Gasteiger partial charge in [-0.2, -0.15) is 0 Å². The molecule has 0 saturated carbocycles. The first kappa shape index (κ1) is 22.7. The Kier molecular flexibility index (Phi) is 7.33. The summed E-state index contributed by atoms with van der Waals surface area (Å²) in [6.45, 7) is 6.19. The highest BCUT2D eigenvalue weighted by Gasteiger charge is 2.16. The van der Waals surface area contributed by atoms with Crippen LogP contribution in [0.5, 0.6) is 11.5 Å². The monoisotopic (exact) mass is 433 g/mol. The standard InChI is InChI=1S/C25H27N3O4/c1-5-32-23-16-19(11-13-22(23)31-4)12-14-24(29)26-27-25(30)21-15-17(2)28(18(21)3)20-9-7-6-8-10-20/h6-16H,5H2,1-4H3,(H,26,29)(H,27,30)/b14-12+. The molecule has 0 saturated heterocycles. The van der Waals surface area contributed by atoms with Crippen LogP contribution in [0.1, 0.15) is 34.2 Å². The molecule has 0 fully saturated rings. The molecule has 0 atom stereocenters. The number of hydrogen-bond donors (Lipinski definition) is 2. The maximum absolute atomic E-state index is 12.6. The van der Waals surface area contributed by atoms with Gasteiger partial charge in [0.2, 0.25) is 0 Å². The number of aromatic nitrogens is 1. The Balaban J connectivity index is 1.64. The molecule has 3 rings (SSSR count). The van der Waals surface area contributed by atoms with Gasteiger partial charge < -0.3 is 14.0 Å². The number of rotatable bonds is 7. The lowest BCUT2D eigenvalue weighted by Gasteiger charge is -2.10. The van der Waals surface area contributed by atoms with Crippen LogP contribution in [-0.4, -0.2) is 30.1 Å². The molecule has 0 aliphatic carbocycles. The number of ether oxygens (including phenoxy) is 2. The summed E-state index contributed by atoms with van der Waals surface area (Å²) in [5, 5.41) is 0. The van der Waals surface area contributed by atoms with Gasteiger partial charge in [0.05, 0.1) is 19.3 Å². The number of aryl methyl sites for hydroxylation is 1. The molecule has 2 aromatic carbocycles. The fourth-order valence-electron chi connectivity index (χ4n) is 3.43. The van der Waals surface area contributed by atoms with Crippen LogP contribution >= 0.6 is 0 Å². The normalized spacial score (nSPS) is 10.8. The Morgan fingerprint density at radius 1 is 1.00 bits per heavy atom. The zero-order valence-electron chi connectivity index (χ0n) is 18.6. The minimum absolute atomic E-state index is 0.384. The van der Waals surface area contributed by atoms with Gasteiger partial charge in [0.25, 0.3) is 11.8 Å². The smallest absolute Gasteiger partial charge is 0.271 e. The number of nitrogens with zero attached hydrogens (tertiary/aromatic N) is 1. The van der Waals surface area contributed by atoms with E-state index in [1.54, 1.807) is 31.4 Å². The Morgan fingerprint density at radius 2 is 1.75 bits per heavy atom. The van der Waals surface area contributed by atoms with Crippen molar-refractivity contribution >= 4 is 17.9 Å². The first-order valence-electron chi connectivity index (χ1n) is 10.3. The van der Waals surface area contributed by atoms with Crippen LogP contribution in [-0.2, 0) is 4.79 Å². The number of para-hydroxylation sites is 1. The molecule has 2 amide bonds. The molecule has 0 spiro atoms. The SMILES string of the molecule is CCOc1cc(/C=C/C(=O)NNC(=O)c2cc(C)n(-c3ccccc3)c2C)ccc1OC. The van der Waals surface area contributed by atoms with Crippen LogP contribution < -0.4 is 20.3 Å². The van der Waals surface area contributed by atoms with Crippen molar-refractivity contribution < 1.29 is 19.1 Å². The van der Waals surface area contributed by atoms with Crippen molar-refractivity contribution in [3.63, 3.8) is 0 Å². The molecule has 0 bridgehead atoms. The van der Waals surface area contributed by atoms with E-state index in [9.17, 15) is 9.59 Å². The third kappa shape index (κ3) is 5.18. The van der Waals surface area contributed by atoms with Crippen molar-refractivity contribution in [3.05, 3.63) is 83.2 Å². The number of nitrogens with one attached hydrogen (secondary N) is 2. The summed E-state index contributed by atoms with van der Waals surface area (Å²) < 4.78 is 12.8. The van der Waals surface area contributed by atoms with Gasteiger partial charge in [0.1, 0.15) is 0 Å². The van der Waals surface area contributed by atoms with E-state index in [0.717, 1.165) is 22.6 Å². The average Bonchev–Trinajstić information content (AvgIpc) is 3.10. The van der Waals surface area contributed by atoms with E-state index in [2.05, 4.69) is 10.9 Å². The molecule has 166 valence electrons. The van der Waals surface area contributed by atoms with E-state index < -0.39 is 5.91 Å². The minimum Gasteiger partial charge on any atom is -0.493 e. The van der Waals surface area contributed by atoms with E-state index in [1.165, 1.54) is 6.08 Å². The summed E-state index contributed by atoms with van der Waals surface area (Å²) in [7, 11) is 1.57. The molecular weight excluding hydrogens is 406 g/mol. The van der Waals surface area contributed by atoms with Crippen LogP contribution in [0, 0.1) is 13.8 Å². The molecule has 0 radical (unpaired) electrons. The molecule has 1 aromatic heterocycles. The van der Waals surface area contributed by atoms with Gasteiger partial charge in [-0.15, -0.1) is 0 Å². The van der Waals surface area contributed by atoms with Gasteiger partial charge >= 0.3 is 0 Å². The zero-order valence-corrected chi connectivity index (χ0v) is 18.6. The van der Waals surface area contributed by atoms with E-state index in [4.69, 9.17) is 9.47 Å². The molecule has 1 heterocycles. The van der Waals surface area contributed by atoms with E-state index in [0.29, 0.717) is 23.7 Å². The largest absolute Gasteiger partial charge is 0.493 e. The van der Waals surface area contributed by atoms with Crippen LogP contribution in [0.2, 0.25) is 0 Å². The number of amides is 2. The third-order valence-electron chi connectivity index (χ3n) is 4.90. The quantitative estimate of drug-likeness (QED) is 0.436. The predicted molar refractivity (Wildman–Crippen MR) is 124 cm³/mol. The topological polar surface area (TPSA) is 81.6 Å². The second-order valence-corrected chi connectivity index (χ2v) is 7.08. The van der Waals surface area contributed by atoms with Crippen molar-refractivity contribution in [1.29, 1.82) is 0 Å². The first-order chi connectivity index (χ1) is 15.4. The number of carbonyl (C=O) groups is 2. The molecule has 0 aliphatic rings. The van der Waals surface area contributed by atoms with Gasteiger partial charge in [-0.1, -0.05) is 24.3 Å². The number of carbonyl (C=O) groups excluding carboxylic acids is 2. The Labute approximate surface area is 187 Å². The summed E-state index contributed by atoms with van der Waals surface area (Å²) in [5.74, 6) is 0.377. The van der Waals surface area contributed by atoms with E-state index in [1.807, 2.05) is 61.7 Å². The molecule has 32 heavy (non-hydrogen) atoms. The number of hydrazine groups is 1. The van der Waals surface area contributed by atoms with Gasteiger partial charge in [0.15, 0.2) is 11.5 Å². The summed E-state index contributed by atoms with van der Waals surface area (Å²) >= 11 is 0. The number of benzene rings is 2. The Hall–Kier alpha value is -4.00. The van der Waals surface area contributed by atoms with Crippen LogP contribution in [0.3, 0.4) is 0 Å². The van der Waals surface area contributed by atoms with E-state index >= 15 is 0 Å². The fourth-order valence-corrected chi connectivity index (χ4v) is 3.43. The number of hydrogen-bond acceptors (Lipinski definition) is 4. The highest BCUT2D eigenvalue weighted by molar-refractivity contribution is 5.99. The van der Waals surface area contributed by atoms with Gasteiger partial charge in [0, 0.05) is 23.2 Å². The number of methoxy groups -OCH3 is 1. The molecule has 7 heteroatoms. The zero-order chi connectivity index (χ0) is 23.1. The predicted octanol–water partition coefficient (Wildman–Crippen LogP) is 3.98. The van der Waals surface area contributed by atoms with Gasteiger partial charge in [-0.25, -0.2) is 0 Å². The fraction of sp³-hybridized carbons (Fsp3) is 0.200. The molecule has 7 nitrogen and oxygen atoms in total. The van der Waals surface area contributed by atoms with Crippen molar-refractivity contribution in [2.24, 2.45) is 0 Å². The summed E-state index contributed by atoms with van der Waals surface area (Å²) in [4.78, 5) is 24.8. The van der Waals surface area contributed by atoms with Crippen LogP contribution in [0.25, 0.3) is 11.8 Å². The highest BCUT2D eigenvalue weighted by atomic mass is 16.5. The molecular formula is C25H27N3O4. The van der Waals surface area contributed by atoms with E-state index in [-0.39, 0.29) is 5.91 Å². The van der Waals surface area contributed by atoms with Gasteiger partial charge in [-0.05, 0) is 62.7 Å². The average molecular weight is 434 g/mol. The van der Waals surface area contributed by atoms with Crippen LogP contribution in [0.15, 0.2) is 60.7 Å². The molecule has 3 aromatic rings. The maximum atomic E-state index is 12.6. The summed E-state index contributed by atoms with van der Waals surface area (Å²) in [6, 6.07) is 16.9. The van der Waals surface area contributed by atoms with Crippen molar-refractivity contribution in [2.45, 2.75) is 20.8 Å². The second-order valence-electron chi connectivity index (χ2n) is 7.08. The summed E-state index contributed by atoms with van der Waals surface area (Å²) in [5.41, 5.74) is 8.83. The lowest BCUT2D eigenvalue weighted by Crippen LogP contribution is -2.40. The van der Waals surface area contributed by atoms with Crippen LogP contribution in [0.4, 0.5) is 0 Å². The lowest BCUT2D eigenvalue weighted by molar-refractivity contribution is -0.117. The highest BCUT2D eigenvalue weighted by Crippen LogP contribution is 2.28. The van der Waals surface area contributed by atoms with Crippen molar-refractivity contribution in [3.8, 4) is 17.2 Å². The Bertz CT molecular complexity index is 1130. The maximum Gasteiger partial charge on any atom is 0.271 e. The summed E-state index contributed by atoms with van der Waals surface area (Å²) in [6.07, 6.45) is 2.97. The first-order valence-corrected chi connectivity index (χ1v) is 10.3. The van der Waals surface area contributed by atoms with Crippen molar-refractivity contribution in [2.75, 3.05) is 13.7 Å². The van der Waals surface area contributed by atoms with Gasteiger partial charge in [-0.3, -0.25) is 20.4 Å². The van der Waals surface area contributed by atoms with Crippen molar-refractivity contribution in [1.82, 2.24) is 15.4 Å². The minimum atomic E-state index is -0.455. The lowest BCUT2D eigenvalue weighted by atomic mass is 10.2. The molecule has 0 unspecified atom stereocenters. The Morgan fingerprint density at radius 3 is 2.44 bits per heavy atom. The molecule has 2 N–H and O–H groups in total. The third-order valence-corrected chi connectivity index (χ3v) is 4.90. The second kappa shape index (κ2) is 10.3. The molecule has 0 aliphatic heterocycles.